The number of carbonyl (C=O) groups is 2. The van der Waals surface area contributed by atoms with Crippen LogP contribution in [0.1, 0.15) is 28.7 Å². The first kappa shape index (κ1) is 18.1. The van der Waals surface area contributed by atoms with Crippen LogP contribution in [-0.4, -0.2) is 51.0 Å². The van der Waals surface area contributed by atoms with Crippen LogP contribution in [-0.2, 0) is 16.6 Å². The fraction of sp³-hybridized carbons (Fsp3) is 0.467. The molecule has 0 spiro atoms. The second-order valence-electron chi connectivity index (χ2n) is 5.85. The van der Waals surface area contributed by atoms with E-state index in [0.29, 0.717) is 15.6 Å². The number of nitrogens with one attached hydrogen (secondary N) is 1. The summed E-state index contributed by atoms with van der Waals surface area (Å²) in [6.45, 7) is 3.48. The zero-order chi connectivity index (χ0) is 17.9. The summed E-state index contributed by atoms with van der Waals surface area (Å²) in [5, 5.41) is 16.6. The summed E-state index contributed by atoms with van der Waals surface area (Å²) in [7, 11) is 3.27. The van der Waals surface area contributed by atoms with E-state index in [1.807, 2.05) is 6.20 Å². The van der Waals surface area contributed by atoms with Crippen molar-refractivity contribution in [2.24, 2.45) is 7.05 Å². The SMILES string of the molecule is COCC(C)(CC(=O)O)NC(=O)c1sc(-c2cnn(C)c2)nc1C. The average molecular weight is 352 g/mol. The first-order valence-electron chi connectivity index (χ1n) is 7.24. The van der Waals surface area contributed by atoms with E-state index in [9.17, 15) is 9.59 Å². The molecular formula is C15H20N4O4S. The number of rotatable bonds is 7. The number of nitrogens with zero attached hydrogens (tertiary/aromatic N) is 3. The summed E-state index contributed by atoms with van der Waals surface area (Å²) in [5.74, 6) is -1.37. The molecule has 0 bridgehead atoms. The molecular weight excluding hydrogens is 332 g/mol. The molecule has 2 heterocycles. The highest BCUT2D eigenvalue weighted by Crippen LogP contribution is 2.28. The normalized spacial score (nSPS) is 13.5. The lowest BCUT2D eigenvalue weighted by Gasteiger charge is -2.28. The second-order valence-corrected chi connectivity index (χ2v) is 6.85. The zero-order valence-corrected chi connectivity index (χ0v) is 14.8. The zero-order valence-electron chi connectivity index (χ0n) is 14.0. The van der Waals surface area contributed by atoms with Gasteiger partial charge in [-0.3, -0.25) is 14.3 Å². The van der Waals surface area contributed by atoms with Gasteiger partial charge in [0, 0.05) is 25.9 Å². The number of carboxylic acid groups (broad SMARTS) is 1. The van der Waals surface area contributed by atoms with Gasteiger partial charge in [-0.25, -0.2) is 4.98 Å². The number of hydrogen-bond donors (Lipinski definition) is 2. The third kappa shape index (κ3) is 4.18. The summed E-state index contributed by atoms with van der Waals surface area (Å²) < 4.78 is 6.71. The third-order valence-corrected chi connectivity index (χ3v) is 4.58. The van der Waals surface area contributed by atoms with Gasteiger partial charge >= 0.3 is 5.97 Å². The molecule has 0 aliphatic rings. The van der Waals surface area contributed by atoms with Gasteiger partial charge in [0.15, 0.2) is 0 Å². The minimum Gasteiger partial charge on any atom is -0.481 e. The predicted octanol–water partition coefficient (Wildman–Crippen LogP) is 1.46. The molecule has 9 heteroatoms. The fourth-order valence-electron chi connectivity index (χ4n) is 2.38. The van der Waals surface area contributed by atoms with Crippen molar-refractivity contribution in [3.05, 3.63) is 23.0 Å². The highest BCUT2D eigenvalue weighted by Gasteiger charge is 2.31. The molecule has 0 radical (unpaired) electrons. The van der Waals surface area contributed by atoms with E-state index in [-0.39, 0.29) is 18.9 Å². The van der Waals surface area contributed by atoms with Crippen LogP contribution in [0.4, 0.5) is 0 Å². The maximum Gasteiger partial charge on any atom is 0.305 e. The Labute approximate surface area is 143 Å². The standard InChI is InChI=1S/C15H20N4O4S/c1-9-12(24-14(17-9)10-6-16-19(3)7-10)13(22)18-15(2,8-23-4)5-11(20)21/h6-7H,5,8H2,1-4H3,(H,18,22)(H,20,21). The first-order chi connectivity index (χ1) is 11.2. The molecule has 1 unspecified atom stereocenters. The monoisotopic (exact) mass is 352 g/mol. The average Bonchev–Trinajstić information content (AvgIpc) is 3.03. The van der Waals surface area contributed by atoms with Crippen molar-refractivity contribution in [1.29, 1.82) is 0 Å². The van der Waals surface area contributed by atoms with Gasteiger partial charge in [-0.1, -0.05) is 0 Å². The summed E-state index contributed by atoms with van der Waals surface area (Å²) in [6, 6.07) is 0. The summed E-state index contributed by atoms with van der Waals surface area (Å²) in [6.07, 6.45) is 3.26. The molecule has 0 aliphatic heterocycles. The van der Waals surface area contributed by atoms with Gasteiger partial charge < -0.3 is 15.2 Å². The number of amides is 1. The van der Waals surface area contributed by atoms with Gasteiger partial charge in [-0.2, -0.15) is 5.10 Å². The van der Waals surface area contributed by atoms with E-state index >= 15 is 0 Å². The Bertz CT molecular complexity index is 754. The Morgan fingerprint density at radius 1 is 1.50 bits per heavy atom. The molecule has 24 heavy (non-hydrogen) atoms. The van der Waals surface area contributed by atoms with E-state index in [4.69, 9.17) is 9.84 Å². The summed E-state index contributed by atoms with van der Waals surface area (Å²) in [5.41, 5.74) is 0.420. The molecule has 0 aromatic carbocycles. The van der Waals surface area contributed by atoms with Crippen LogP contribution in [0.15, 0.2) is 12.4 Å². The van der Waals surface area contributed by atoms with Gasteiger partial charge in [-0.15, -0.1) is 11.3 Å². The smallest absolute Gasteiger partial charge is 0.305 e. The van der Waals surface area contributed by atoms with Gasteiger partial charge in [0.2, 0.25) is 0 Å². The number of ether oxygens (including phenoxy) is 1. The summed E-state index contributed by atoms with van der Waals surface area (Å²) >= 11 is 1.25. The number of carboxylic acids is 1. The van der Waals surface area contributed by atoms with Crippen molar-refractivity contribution in [3.63, 3.8) is 0 Å². The van der Waals surface area contributed by atoms with Crippen LogP contribution in [0, 0.1) is 6.92 Å². The highest BCUT2D eigenvalue weighted by molar-refractivity contribution is 7.17. The fourth-order valence-corrected chi connectivity index (χ4v) is 3.31. The molecule has 0 aliphatic carbocycles. The van der Waals surface area contributed by atoms with Crippen LogP contribution >= 0.6 is 11.3 Å². The molecule has 2 aromatic rings. The lowest BCUT2D eigenvalue weighted by Crippen LogP contribution is -2.50. The van der Waals surface area contributed by atoms with Gasteiger partial charge in [-0.05, 0) is 13.8 Å². The second kappa shape index (κ2) is 7.10. The Kier molecular flexibility index (Phi) is 5.35. The number of carbonyl (C=O) groups excluding carboxylic acids is 1. The topological polar surface area (TPSA) is 106 Å². The molecule has 130 valence electrons. The van der Waals surface area contributed by atoms with Gasteiger partial charge in [0.1, 0.15) is 9.88 Å². The van der Waals surface area contributed by atoms with E-state index in [1.165, 1.54) is 18.4 Å². The Morgan fingerprint density at radius 3 is 2.75 bits per heavy atom. The van der Waals surface area contributed by atoms with Crippen molar-refractivity contribution in [3.8, 4) is 10.6 Å². The van der Waals surface area contributed by atoms with Crippen molar-refractivity contribution in [2.75, 3.05) is 13.7 Å². The molecule has 0 saturated carbocycles. The Morgan fingerprint density at radius 2 is 2.21 bits per heavy atom. The molecule has 1 atom stereocenters. The van der Waals surface area contributed by atoms with Crippen molar-refractivity contribution in [1.82, 2.24) is 20.1 Å². The summed E-state index contributed by atoms with van der Waals surface area (Å²) in [4.78, 5) is 28.5. The maximum atomic E-state index is 12.6. The van der Waals surface area contributed by atoms with E-state index in [2.05, 4.69) is 15.4 Å². The Balaban J connectivity index is 2.23. The van der Waals surface area contributed by atoms with Crippen LogP contribution in [0.2, 0.25) is 0 Å². The van der Waals surface area contributed by atoms with Crippen LogP contribution in [0.3, 0.4) is 0 Å². The van der Waals surface area contributed by atoms with Crippen LogP contribution < -0.4 is 5.32 Å². The minimum atomic E-state index is -1.01. The largest absolute Gasteiger partial charge is 0.481 e. The van der Waals surface area contributed by atoms with E-state index in [0.717, 1.165) is 5.56 Å². The first-order valence-corrected chi connectivity index (χ1v) is 8.05. The molecule has 2 N–H and O–H groups in total. The quantitative estimate of drug-likeness (QED) is 0.781. The van der Waals surface area contributed by atoms with E-state index in [1.54, 1.807) is 31.8 Å². The van der Waals surface area contributed by atoms with Crippen LogP contribution in [0.25, 0.3) is 10.6 Å². The molecule has 8 nitrogen and oxygen atoms in total. The maximum absolute atomic E-state index is 12.6. The number of methoxy groups -OCH3 is 1. The van der Waals surface area contributed by atoms with Crippen molar-refractivity contribution < 1.29 is 19.4 Å². The van der Waals surface area contributed by atoms with E-state index < -0.39 is 11.5 Å². The molecule has 0 saturated heterocycles. The number of thiazole rings is 1. The number of aryl methyl sites for hydroxylation is 2. The van der Waals surface area contributed by atoms with Gasteiger partial charge in [0.25, 0.3) is 5.91 Å². The third-order valence-electron chi connectivity index (χ3n) is 3.37. The van der Waals surface area contributed by atoms with Gasteiger partial charge in [0.05, 0.1) is 30.5 Å². The number of hydrogen-bond acceptors (Lipinski definition) is 6. The highest BCUT2D eigenvalue weighted by atomic mass is 32.1. The minimum absolute atomic E-state index is 0.0956. The Hall–Kier alpha value is -2.26. The molecule has 2 aromatic heterocycles. The molecule has 2 rings (SSSR count). The number of aromatic nitrogens is 3. The van der Waals surface area contributed by atoms with Crippen molar-refractivity contribution in [2.45, 2.75) is 25.8 Å². The lowest BCUT2D eigenvalue weighted by molar-refractivity contribution is -0.139. The predicted molar refractivity (Wildman–Crippen MR) is 89.1 cm³/mol. The molecule has 1 amide bonds. The van der Waals surface area contributed by atoms with Crippen molar-refractivity contribution >= 4 is 23.2 Å². The number of aliphatic carboxylic acids is 1. The molecule has 0 fully saturated rings. The van der Waals surface area contributed by atoms with Crippen LogP contribution in [0.5, 0.6) is 0 Å². The lowest BCUT2D eigenvalue weighted by atomic mass is 9.99.